The van der Waals surface area contributed by atoms with E-state index in [1.165, 1.54) is 16.7 Å². The number of aromatic amines is 1. The summed E-state index contributed by atoms with van der Waals surface area (Å²) in [5.41, 5.74) is 4.79. The summed E-state index contributed by atoms with van der Waals surface area (Å²) in [6, 6.07) is 4.13. The highest BCUT2D eigenvalue weighted by Crippen LogP contribution is 2.41. The first-order chi connectivity index (χ1) is 8.83. The first kappa shape index (κ1) is 11.1. The minimum atomic E-state index is 0.634. The second-order valence-electron chi connectivity index (χ2n) is 4.27. The molecule has 1 aromatic carbocycles. The molecule has 0 saturated carbocycles. The Kier molecular flexibility index (Phi) is 2.70. The van der Waals surface area contributed by atoms with Crippen LogP contribution in [-0.2, 0) is 6.42 Å². The maximum atomic E-state index is 5.65. The first-order valence-electron chi connectivity index (χ1n) is 6.28. The Bertz CT molecular complexity index is 575. The van der Waals surface area contributed by atoms with Gasteiger partial charge in [-0.2, -0.15) is 5.10 Å². The van der Waals surface area contributed by atoms with Crippen molar-refractivity contribution >= 4 is 0 Å². The molecular formula is C14H16N2O2. The molecule has 2 aromatic rings. The number of nitrogens with one attached hydrogen (secondary N) is 1. The molecule has 0 bridgehead atoms. The van der Waals surface area contributed by atoms with Gasteiger partial charge in [-0.25, -0.2) is 0 Å². The Morgan fingerprint density at radius 2 is 1.83 bits per heavy atom. The fourth-order valence-corrected chi connectivity index (χ4v) is 2.40. The lowest BCUT2D eigenvalue weighted by atomic mass is 10.1. The number of rotatable bonds is 4. The molecule has 4 nitrogen and oxygen atoms in total. The third-order valence-corrected chi connectivity index (χ3v) is 3.14. The van der Waals surface area contributed by atoms with Crippen molar-refractivity contribution < 1.29 is 9.47 Å². The van der Waals surface area contributed by atoms with Crippen molar-refractivity contribution in [2.45, 2.75) is 20.3 Å². The van der Waals surface area contributed by atoms with E-state index in [1.807, 2.05) is 26.1 Å². The van der Waals surface area contributed by atoms with Crippen molar-refractivity contribution in [2.75, 3.05) is 13.2 Å². The van der Waals surface area contributed by atoms with Crippen LogP contribution in [0.2, 0.25) is 0 Å². The quantitative estimate of drug-likeness (QED) is 0.767. The molecule has 3 rings (SSSR count). The van der Waals surface area contributed by atoms with E-state index in [2.05, 4.69) is 16.3 Å². The van der Waals surface area contributed by atoms with Gasteiger partial charge in [0.1, 0.15) is 0 Å². The maximum Gasteiger partial charge on any atom is 0.161 e. The molecule has 1 aliphatic carbocycles. The Labute approximate surface area is 106 Å². The highest BCUT2D eigenvalue weighted by Gasteiger charge is 2.23. The minimum absolute atomic E-state index is 0.634. The monoisotopic (exact) mass is 244 g/mol. The van der Waals surface area contributed by atoms with Crippen LogP contribution < -0.4 is 9.47 Å². The minimum Gasteiger partial charge on any atom is -0.490 e. The zero-order valence-electron chi connectivity index (χ0n) is 10.6. The molecule has 0 aliphatic heterocycles. The fourth-order valence-electron chi connectivity index (χ4n) is 2.40. The first-order valence-corrected chi connectivity index (χ1v) is 6.28. The smallest absolute Gasteiger partial charge is 0.161 e. The predicted molar refractivity (Wildman–Crippen MR) is 69.2 cm³/mol. The lowest BCUT2D eigenvalue weighted by Crippen LogP contribution is -1.99. The van der Waals surface area contributed by atoms with Crippen LogP contribution in [0, 0.1) is 0 Å². The maximum absolute atomic E-state index is 5.65. The standard InChI is InChI=1S/C14H16N2O2/c1-3-17-12-6-9-5-10-8-15-16-14(10)11(9)7-13(12)18-4-2/h6-8H,3-5H2,1-2H3,(H,15,16). The van der Waals surface area contributed by atoms with Crippen molar-refractivity contribution in [1.82, 2.24) is 10.2 Å². The second-order valence-corrected chi connectivity index (χ2v) is 4.27. The second kappa shape index (κ2) is 4.37. The zero-order valence-corrected chi connectivity index (χ0v) is 10.6. The molecule has 1 heterocycles. The summed E-state index contributed by atoms with van der Waals surface area (Å²) in [6.45, 7) is 5.24. The van der Waals surface area contributed by atoms with Crippen LogP contribution in [0.25, 0.3) is 11.3 Å². The van der Waals surface area contributed by atoms with Gasteiger partial charge in [-0.15, -0.1) is 0 Å². The third kappa shape index (κ3) is 1.65. The fraction of sp³-hybridized carbons (Fsp3) is 0.357. The summed E-state index contributed by atoms with van der Waals surface area (Å²) in [5.74, 6) is 1.64. The summed E-state index contributed by atoms with van der Waals surface area (Å²) >= 11 is 0. The molecule has 0 fully saturated rings. The summed E-state index contributed by atoms with van der Waals surface area (Å²) < 4.78 is 11.3. The number of hydrogen-bond acceptors (Lipinski definition) is 3. The van der Waals surface area contributed by atoms with Crippen LogP contribution >= 0.6 is 0 Å². The Hall–Kier alpha value is -1.97. The number of aromatic nitrogens is 2. The number of ether oxygens (including phenoxy) is 2. The number of nitrogens with zero attached hydrogens (tertiary/aromatic N) is 1. The number of benzene rings is 1. The van der Waals surface area contributed by atoms with E-state index < -0.39 is 0 Å². The molecule has 4 heteroatoms. The molecule has 1 N–H and O–H groups in total. The van der Waals surface area contributed by atoms with Gasteiger partial charge in [0.15, 0.2) is 11.5 Å². The summed E-state index contributed by atoms with van der Waals surface area (Å²) in [5, 5.41) is 7.13. The molecular weight excluding hydrogens is 228 g/mol. The van der Waals surface area contributed by atoms with E-state index in [0.717, 1.165) is 23.6 Å². The van der Waals surface area contributed by atoms with Gasteiger partial charge < -0.3 is 9.47 Å². The molecule has 0 atom stereocenters. The Morgan fingerprint density at radius 1 is 1.11 bits per heavy atom. The normalized spacial score (nSPS) is 12.1. The number of H-pyrrole nitrogens is 1. The molecule has 0 radical (unpaired) electrons. The van der Waals surface area contributed by atoms with Gasteiger partial charge in [0.2, 0.25) is 0 Å². The van der Waals surface area contributed by atoms with E-state index in [-0.39, 0.29) is 0 Å². The Morgan fingerprint density at radius 3 is 2.56 bits per heavy atom. The van der Waals surface area contributed by atoms with Gasteiger partial charge in [0.25, 0.3) is 0 Å². The number of hydrogen-bond donors (Lipinski definition) is 1. The van der Waals surface area contributed by atoms with E-state index in [4.69, 9.17) is 9.47 Å². The van der Waals surface area contributed by atoms with Gasteiger partial charge in [0.05, 0.1) is 25.1 Å². The van der Waals surface area contributed by atoms with E-state index in [9.17, 15) is 0 Å². The van der Waals surface area contributed by atoms with Crippen LogP contribution in [0.3, 0.4) is 0 Å². The highest BCUT2D eigenvalue weighted by atomic mass is 16.5. The van der Waals surface area contributed by atoms with Gasteiger partial charge in [0, 0.05) is 17.5 Å². The zero-order chi connectivity index (χ0) is 12.5. The topological polar surface area (TPSA) is 47.1 Å². The molecule has 0 unspecified atom stereocenters. The molecule has 94 valence electrons. The molecule has 1 aliphatic rings. The molecule has 0 spiro atoms. The van der Waals surface area contributed by atoms with E-state index in [0.29, 0.717) is 13.2 Å². The van der Waals surface area contributed by atoms with Gasteiger partial charge >= 0.3 is 0 Å². The lowest BCUT2D eigenvalue weighted by Gasteiger charge is -2.13. The summed E-state index contributed by atoms with van der Waals surface area (Å²) in [6.07, 6.45) is 2.80. The van der Waals surface area contributed by atoms with Crippen molar-refractivity contribution in [3.8, 4) is 22.8 Å². The molecule has 1 aromatic heterocycles. The van der Waals surface area contributed by atoms with Gasteiger partial charge in [-0.3, -0.25) is 5.10 Å². The lowest BCUT2D eigenvalue weighted by molar-refractivity contribution is 0.287. The average Bonchev–Trinajstić information content (AvgIpc) is 2.91. The largest absolute Gasteiger partial charge is 0.490 e. The molecule has 0 amide bonds. The van der Waals surface area contributed by atoms with Crippen LogP contribution in [0.1, 0.15) is 25.0 Å². The van der Waals surface area contributed by atoms with Gasteiger partial charge in [-0.1, -0.05) is 0 Å². The highest BCUT2D eigenvalue weighted by molar-refractivity contribution is 5.76. The van der Waals surface area contributed by atoms with Crippen LogP contribution in [0.5, 0.6) is 11.5 Å². The predicted octanol–water partition coefficient (Wildman–Crippen LogP) is 2.78. The van der Waals surface area contributed by atoms with Crippen molar-refractivity contribution in [2.24, 2.45) is 0 Å². The molecule has 0 saturated heterocycles. The van der Waals surface area contributed by atoms with Gasteiger partial charge in [-0.05, 0) is 31.5 Å². The van der Waals surface area contributed by atoms with Crippen molar-refractivity contribution in [3.63, 3.8) is 0 Å². The average molecular weight is 244 g/mol. The SMILES string of the molecule is CCOc1cc2c(cc1OCC)-c1[nH]ncc1C2. The summed E-state index contributed by atoms with van der Waals surface area (Å²) in [4.78, 5) is 0. The van der Waals surface area contributed by atoms with E-state index in [1.54, 1.807) is 0 Å². The molecule has 18 heavy (non-hydrogen) atoms. The van der Waals surface area contributed by atoms with Crippen molar-refractivity contribution in [3.05, 3.63) is 29.5 Å². The van der Waals surface area contributed by atoms with Crippen LogP contribution in [0.15, 0.2) is 18.3 Å². The van der Waals surface area contributed by atoms with Crippen LogP contribution in [0.4, 0.5) is 0 Å². The Balaban J connectivity index is 2.08. The van der Waals surface area contributed by atoms with Crippen molar-refractivity contribution in [1.29, 1.82) is 0 Å². The summed E-state index contributed by atoms with van der Waals surface area (Å²) in [7, 11) is 0. The van der Waals surface area contributed by atoms with E-state index >= 15 is 0 Å². The van der Waals surface area contributed by atoms with Crippen LogP contribution in [-0.4, -0.2) is 23.4 Å². The number of fused-ring (bicyclic) bond motifs is 3. The third-order valence-electron chi connectivity index (χ3n) is 3.14.